The summed E-state index contributed by atoms with van der Waals surface area (Å²) in [5, 5.41) is 12.2. The Morgan fingerprint density at radius 1 is 1.07 bits per heavy atom. The van der Waals surface area contributed by atoms with Crippen LogP contribution >= 0.6 is 0 Å². The van der Waals surface area contributed by atoms with Gasteiger partial charge in [-0.15, -0.1) is 0 Å². The summed E-state index contributed by atoms with van der Waals surface area (Å²) in [4.78, 5) is 29.4. The number of likely N-dealkylation sites (tertiary alicyclic amines) is 1. The molecule has 1 unspecified atom stereocenters. The van der Waals surface area contributed by atoms with Gasteiger partial charge in [0.1, 0.15) is 23.6 Å². The standard InChI is InChI=1S/C31H32F2N8O2/c32-22-8-9-26-35-17-25(41(26)18-22)29-37-30(36-23-7-4-14-40(19-23)27(42)10-13-34)28(33)31(38-29)39-15-11-24(12-16-39)43-20-21-5-2-1-3-6-21/h1-3,5-6,8-9,17-18,23-24H,4,7,10-12,14-16,19-20H2,(H,36,37,38). The van der Waals surface area contributed by atoms with E-state index >= 15 is 4.39 Å². The van der Waals surface area contributed by atoms with Gasteiger partial charge in [-0.3, -0.25) is 9.20 Å². The average Bonchev–Trinajstić information content (AvgIpc) is 3.45. The molecule has 1 aromatic carbocycles. The van der Waals surface area contributed by atoms with Crippen LogP contribution in [0.2, 0.25) is 0 Å². The zero-order valence-corrected chi connectivity index (χ0v) is 23.6. The summed E-state index contributed by atoms with van der Waals surface area (Å²) in [7, 11) is 0. The Kier molecular flexibility index (Phi) is 8.42. The first-order valence-corrected chi connectivity index (χ1v) is 14.5. The van der Waals surface area contributed by atoms with E-state index in [1.807, 2.05) is 41.3 Å². The number of aromatic nitrogens is 4. The largest absolute Gasteiger partial charge is 0.373 e. The smallest absolute Gasteiger partial charge is 0.236 e. The molecule has 0 radical (unpaired) electrons. The van der Waals surface area contributed by atoms with Crippen molar-refractivity contribution < 1.29 is 18.3 Å². The van der Waals surface area contributed by atoms with Crippen LogP contribution in [0.3, 0.4) is 0 Å². The highest BCUT2D eigenvalue weighted by atomic mass is 19.1. The highest BCUT2D eigenvalue weighted by molar-refractivity contribution is 5.78. The third-order valence-electron chi connectivity index (χ3n) is 7.95. The number of nitrogens with zero attached hydrogens (tertiary/aromatic N) is 7. The Morgan fingerprint density at radius 3 is 2.67 bits per heavy atom. The van der Waals surface area contributed by atoms with Crippen molar-refractivity contribution in [3.05, 3.63) is 72.1 Å². The van der Waals surface area contributed by atoms with Gasteiger partial charge >= 0.3 is 0 Å². The Morgan fingerprint density at radius 2 is 1.88 bits per heavy atom. The Hall–Kier alpha value is -4.63. The maximum atomic E-state index is 16.2. The molecule has 0 spiro atoms. The number of hydrogen-bond acceptors (Lipinski definition) is 8. The van der Waals surface area contributed by atoms with Gasteiger partial charge in [0, 0.05) is 38.4 Å². The molecule has 222 valence electrons. The summed E-state index contributed by atoms with van der Waals surface area (Å²) in [5.74, 6) is -0.930. The minimum absolute atomic E-state index is 0.00777. The number of imidazole rings is 1. The van der Waals surface area contributed by atoms with E-state index in [9.17, 15) is 9.18 Å². The summed E-state index contributed by atoms with van der Waals surface area (Å²) in [5.41, 5.74) is 2.04. The van der Waals surface area contributed by atoms with Gasteiger partial charge in [-0.2, -0.15) is 9.65 Å². The molecule has 2 fully saturated rings. The first-order valence-electron chi connectivity index (χ1n) is 14.5. The second kappa shape index (κ2) is 12.7. The van der Waals surface area contributed by atoms with Gasteiger partial charge < -0.3 is 19.9 Å². The van der Waals surface area contributed by atoms with Crippen molar-refractivity contribution in [1.29, 1.82) is 5.26 Å². The lowest BCUT2D eigenvalue weighted by molar-refractivity contribution is -0.131. The van der Waals surface area contributed by atoms with Gasteiger partial charge in [-0.25, -0.2) is 19.3 Å². The van der Waals surface area contributed by atoms with Gasteiger partial charge in [0.05, 0.1) is 25.0 Å². The first-order chi connectivity index (χ1) is 21.0. The third kappa shape index (κ3) is 6.41. The van der Waals surface area contributed by atoms with Crippen LogP contribution in [0.25, 0.3) is 17.2 Å². The van der Waals surface area contributed by atoms with Crippen molar-refractivity contribution in [1.82, 2.24) is 24.3 Å². The molecule has 4 aromatic rings. The van der Waals surface area contributed by atoms with Crippen LogP contribution in [0.5, 0.6) is 0 Å². The van der Waals surface area contributed by atoms with E-state index in [4.69, 9.17) is 10.00 Å². The molecule has 1 N–H and O–H groups in total. The summed E-state index contributed by atoms with van der Waals surface area (Å²) in [6.45, 7) is 2.48. The molecule has 0 saturated carbocycles. The maximum absolute atomic E-state index is 16.2. The molecule has 3 aromatic heterocycles. The number of ether oxygens (including phenoxy) is 1. The van der Waals surface area contributed by atoms with Gasteiger partial charge in [-0.1, -0.05) is 30.3 Å². The van der Waals surface area contributed by atoms with Crippen LogP contribution in [0.1, 0.15) is 37.7 Å². The molecule has 2 aliphatic rings. The van der Waals surface area contributed by atoms with E-state index in [1.54, 1.807) is 21.6 Å². The van der Waals surface area contributed by atoms with Crippen molar-refractivity contribution >= 4 is 23.2 Å². The van der Waals surface area contributed by atoms with Crippen molar-refractivity contribution in [3.8, 4) is 17.6 Å². The fourth-order valence-corrected chi connectivity index (χ4v) is 5.69. The minimum Gasteiger partial charge on any atom is -0.373 e. The molecule has 1 atom stereocenters. The average molecular weight is 587 g/mol. The van der Waals surface area contributed by atoms with E-state index in [1.165, 1.54) is 12.3 Å². The molecule has 43 heavy (non-hydrogen) atoms. The van der Waals surface area contributed by atoms with Gasteiger partial charge in [-0.05, 0) is 43.4 Å². The predicted molar refractivity (Wildman–Crippen MR) is 156 cm³/mol. The molecular weight excluding hydrogens is 554 g/mol. The van der Waals surface area contributed by atoms with Crippen LogP contribution in [0.15, 0.2) is 54.9 Å². The van der Waals surface area contributed by atoms with E-state index in [0.29, 0.717) is 69.8 Å². The Labute approximate surface area is 247 Å². The van der Waals surface area contributed by atoms with Crippen LogP contribution < -0.4 is 10.2 Å². The summed E-state index contributed by atoms with van der Waals surface area (Å²) in [6.07, 6.45) is 5.51. The molecule has 10 nitrogen and oxygen atoms in total. The lowest BCUT2D eigenvalue weighted by atomic mass is 10.1. The number of benzene rings is 1. The Bertz CT molecular complexity index is 1630. The third-order valence-corrected chi connectivity index (χ3v) is 7.95. The minimum atomic E-state index is -0.590. The second-order valence-corrected chi connectivity index (χ2v) is 10.9. The molecule has 1 amide bonds. The highest BCUT2D eigenvalue weighted by Gasteiger charge is 2.29. The monoisotopic (exact) mass is 586 g/mol. The molecule has 5 heterocycles. The zero-order valence-electron chi connectivity index (χ0n) is 23.6. The van der Waals surface area contributed by atoms with E-state index in [2.05, 4.69) is 20.3 Å². The number of rotatable bonds is 8. The second-order valence-electron chi connectivity index (χ2n) is 10.9. The Balaban J connectivity index is 1.26. The van der Waals surface area contributed by atoms with Crippen molar-refractivity contribution in [2.75, 3.05) is 36.4 Å². The van der Waals surface area contributed by atoms with Crippen LogP contribution in [-0.4, -0.2) is 68.5 Å². The molecule has 12 heteroatoms. The number of anilines is 2. The fourth-order valence-electron chi connectivity index (χ4n) is 5.69. The number of nitriles is 1. The number of fused-ring (bicyclic) bond motifs is 1. The van der Waals surface area contributed by atoms with Crippen LogP contribution in [0.4, 0.5) is 20.4 Å². The molecule has 6 rings (SSSR count). The van der Waals surface area contributed by atoms with Crippen LogP contribution in [-0.2, 0) is 16.1 Å². The van der Waals surface area contributed by atoms with E-state index < -0.39 is 11.6 Å². The predicted octanol–water partition coefficient (Wildman–Crippen LogP) is 4.57. The summed E-state index contributed by atoms with van der Waals surface area (Å²) in [6, 6.07) is 14.5. The van der Waals surface area contributed by atoms with Gasteiger partial charge in [0.2, 0.25) is 11.7 Å². The van der Waals surface area contributed by atoms with E-state index in [-0.39, 0.29) is 41.9 Å². The number of piperidine rings is 2. The number of nitrogens with one attached hydrogen (secondary N) is 1. The zero-order chi connectivity index (χ0) is 29.8. The molecule has 0 bridgehead atoms. The molecule has 0 aliphatic carbocycles. The van der Waals surface area contributed by atoms with Crippen molar-refractivity contribution in [3.63, 3.8) is 0 Å². The number of pyridine rings is 1. The number of carbonyl (C=O) groups is 1. The van der Waals surface area contributed by atoms with Crippen molar-refractivity contribution in [2.45, 2.75) is 50.9 Å². The fraction of sp³-hybridized carbons (Fsp3) is 0.387. The molecule has 2 saturated heterocycles. The molecular formula is C31H32F2N8O2. The SMILES string of the molecule is N#CCC(=O)N1CCCC(Nc2nc(-c3cnc4ccc(F)cn34)nc(N3CCC(OCc4ccccc4)CC3)c2F)C1. The normalized spacial score (nSPS) is 17.7. The van der Waals surface area contributed by atoms with Gasteiger partial charge in [0.25, 0.3) is 0 Å². The van der Waals surface area contributed by atoms with E-state index in [0.717, 1.165) is 5.56 Å². The number of hydrogen-bond donors (Lipinski definition) is 1. The maximum Gasteiger partial charge on any atom is 0.236 e. The summed E-state index contributed by atoms with van der Waals surface area (Å²) >= 11 is 0. The lowest BCUT2D eigenvalue weighted by Gasteiger charge is -2.34. The lowest BCUT2D eigenvalue weighted by Crippen LogP contribution is -2.45. The molecule has 2 aliphatic heterocycles. The van der Waals surface area contributed by atoms with Crippen LogP contribution in [0, 0.1) is 23.0 Å². The highest BCUT2D eigenvalue weighted by Crippen LogP contribution is 2.31. The summed E-state index contributed by atoms with van der Waals surface area (Å²) < 4.78 is 38.0. The number of amides is 1. The number of halogens is 2. The topological polar surface area (TPSA) is 112 Å². The first kappa shape index (κ1) is 28.5. The number of carbonyl (C=O) groups excluding carboxylic acids is 1. The quantitative estimate of drug-likeness (QED) is 0.320. The van der Waals surface area contributed by atoms with Crippen molar-refractivity contribution in [2.24, 2.45) is 0 Å². The van der Waals surface area contributed by atoms with Gasteiger partial charge in [0.15, 0.2) is 17.5 Å².